The molecule has 11 heteroatoms. The van der Waals surface area contributed by atoms with Crippen molar-refractivity contribution in [3.63, 3.8) is 0 Å². The number of amides is 3. The standard InChI is InChI=1S/C23H23FN6O4/c1-14-20(34-9-8-33-14)21(31)26-16-11-25-22-28-19(13-30(22)12-16)17-10-15(4-5-18(17)24)27-23(32)29-6-2-3-7-29/h4-5,10-13H,2-3,6-9H2,1H3,(H,26,31)(H,27,32). The number of anilines is 2. The Morgan fingerprint density at radius 1 is 1.06 bits per heavy atom. The topological polar surface area (TPSA) is 110 Å². The van der Waals surface area contributed by atoms with Gasteiger partial charge in [-0.1, -0.05) is 0 Å². The zero-order valence-corrected chi connectivity index (χ0v) is 18.5. The Morgan fingerprint density at radius 3 is 2.65 bits per heavy atom. The number of nitrogens with one attached hydrogen (secondary N) is 2. The average Bonchev–Trinajstić information content (AvgIpc) is 3.50. The van der Waals surface area contributed by atoms with Crippen LogP contribution in [0.15, 0.2) is 48.3 Å². The van der Waals surface area contributed by atoms with Gasteiger partial charge in [0.1, 0.15) is 24.8 Å². The number of rotatable bonds is 4. The predicted molar refractivity (Wildman–Crippen MR) is 121 cm³/mol. The number of fused-ring (bicyclic) bond motifs is 1. The largest absolute Gasteiger partial charge is 0.491 e. The van der Waals surface area contributed by atoms with Crippen molar-refractivity contribution in [3.05, 3.63) is 54.1 Å². The van der Waals surface area contributed by atoms with Crippen LogP contribution in [-0.2, 0) is 14.3 Å². The highest BCUT2D eigenvalue weighted by Gasteiger charge is 2.21. The van der Waals surface area contributed by atoms with Crippen molar-refractivity contribution in [1.29, 1.82) is 0 Å². The molecule has 1 aromatic carbocycles. The van der Waals surface area contributed by atoms with Crippen LogP contribution in [0.1, 0.15) is 19.8 Å². The van der Waals surface area contributed by atoms with E-state index < -0.39 is 11.7 Å². The third-order valence-corrected chi connectivity index (χ3v) is 5.63. The van der Waals surface area contributed by atoms with Gasteiger partial charge in [0.25, 0.3) is 5.91 Å². The van der Waals surface area contributed by atoms with E-state index in [0.717, 1.165) is 12.8 Å². The van der Waals surface area contributed by atoms with Gasteiger partial charge in [-0.25, -0.2) is 19.2 Å². The number of allylic oxidation sites excluding steroid dienone is 1. The summed E-state index contributed by atoms with van der Waals surface area (Å²) in [6.45, 7) is 3.78. The number of halogens is 1. The minimum Gasteiger partial charge on any atom is -0.491 e. The van der Waals surface area contributed by atoms with Crippen molar-refractivity contribution in [2.75, 3.05) is 36.9 Å². The molecule has 5 rings (SSSR count). The van der Waals surface area contributed by atoms with Gasteiger partial charge in [0, 0.05) is 36.7 Å². The molecule has 0 radical (unpaired) electrons. The summed E-state index contributed by atoms with van der Waals surface area (Å²) in [5.41, 5.74) is 1.45. The van der Waals surface area contributed by atoms with Gasteiger partial charge in [0.15, 0.2) is 0 Å². The molecule has 2 aliphatic rings. The van der Waals surface area contributed by atoms with Crippen LogP contribution in [-0.4, -0.2) is 57.5 Å². The van der Waals surface area contributed by atoms with E-state index in [1.54, 1.807) is 34.7 Å². The molecule has 1 fully saturated rings. The lowest BCUT2D eigenvalue weighted by atomic mass is 10.1. The molecule has 0 aliphatic carbocycles. The van der Waals surface area contributed by atoms with Crippen molar-refractivity contribution in [2.24, 2.45) is 0 Å². The van der Waals surface area contributed by atoms with Gasteiger partial charge in [-0.3, -0.25) is 9.20 Å². The number of carbonyl (C=O) groups excluding carboxylic acids is 2. The highest BCUT2D eigenvalue weighted by molar-refractivity contribution is 6.02. The lowest BCUT2D eigenvalue weighted by molar-refractivity contribution is -0.117. The van der Waals surface area contributed by atoms with Gasteiger partial charge in [0.2, 0.25) is 11.5 Å². The molecule has 10 nitrogen and oxygen atoms in total. The fourth-order valence-electron chi connectivity index (χ4n) is 3.92. The fraction of sp³-hybridized carbons (Fsp3) is 0.304. The molecule has 0 spiro atoms. The van der Waals surface area contributed by atoms with Crippen molar-refractivity contribution in [1.82, 2.24) is 19.3 Å². The summed E-state index contributed by atoms with van der Waals surface area (Å²) < 4.78 is 26.9. The van der Waals surface area contributed by atoms with Gasteiger partial charge in [-0.2, -0.15) is 0 Å². The number of carbonyl (C=O) groups is 2. The van der Waals surface area contributed by atoms with Crippen molar-refractivity contribution < 1.29 is 23.5 Å². The summed E-state index contributed by atoms with van der Waals surface area (Å²) >= 11 is 0. The molecule has 176 valence electrons. The van der Waals surface area contributed by atoms with E-state index >= 15 is 0 Å². The summed E-state index contributed by atoms with van der Waals surface area (Å²) in [4.78, 5) is 35.2. The van der Waals surface area contributed by atoms with Crippen LogP contribution in [0.3, 0.4) is 0 Å². The van der Waals surface area contributed by atoms with Crippen LogP contribution in [0.4, 0.5) is 20.6 Å². The first-order chi connectivity index (χ1) is 16.5. The molecule has 2 N–H and O–H groups in total. The molecule has 3 amide bonds. The maximum Gasteiger partial charge on any atom is 0.321 e. The predicted octanol–water partition coefficient (Wildman–Crippen LogP) is 3.38. The Morgan fingerprint density at radius 2 is 1.85 bits per heavy atom. The number of nitrogens with zero attached hydrogens (tertiary/aromatic N) is 4. The van der Waals surface area contributed by atoms with E-state index in [1.807, 2.05) is 0 Å². The molecule has 3 aromatic rings. The number of likely N-dealkylation sites (tertiary alicyclic amines) is 1. The molecule has 4 heterocycles. The zero-order valence-electron chi connectivity index (χ0n) is 18.5. The van der Waals surface area contributed by atoms with Gasteiger partial charge >= 0.3 is 6.03 Å². The first-order valence-corrected chi connectivity index (χ1v) is 11.0. The zero-order chi connectivity index (χ0) is 23.7. The van der Waals surface area contributed by atoms with Crippen LogP contribution in [0, 0.1) is 5.82 Å². The van der Waals surface area contributed by atoms with E-state index in [-0.39, 0.29) is 17.4 Å². The summed E-state index contributed by atoms with van der Waals surface area (Å²) in [5.74, 6) is -0.0758. The van der Waals surface area contributed by atoms with E-state index in [9.17, 15) is 14.0 Å². The number of urea groups is 1. The normalized spacial score (nSPS) is 15.8. The highest BCUT2D eigenvalue weighted by atomic mass is 19.1. The summed E-state index contributed by atoms with van der Waals surface area (Å²) in [7, 11) is 0. The molecular weight excluding hydrogens is 443 g/mol. The Kier molecular flexibility index (Phi) is 5.74. The molecular formula is C23H23FN6O4. The highest BCUT2D eigenvalue weighted by Crippen LogP contribution is 2.26. The SMILES string of the molecule is CC1=C(C(=O)Nc2cnc3nc(-c4cc(NC(=O)N5CCCC5)ccc4F)cn3c2)OCCO1. The molecule has 1 saturated heterocycles. The minimum atomic E-state index is -0.479. The molecule has 2 aromatic heterocycles. The summed E-state index contributed by atoms with van der Waals surface area (Å²) in [6, 6.07) is 4.15. The Labute approximate surface area is 194 Å². The first kappa shape index (κ1) is 21.7. The average molecular weight is 466 g/mol. The van der Waals surface area contributed by atoms with Crippen molar-refractivity contribution in [3.8, 4) is 11.3 Å². The number of hydrogen-bond acceptors (Lipinski definition) is 6. The van der Waals surface area contributed by atoms with Crippen molar-refractivity contribution >= 4 is 29.1 Å². The maximum atomic E-state index is 14.6. The lowest BCUT2D eigenvalue weighted by Gasteiger charge is -2.19. The monoisotopic (exact) mass is 466 g/mol. The second-order valence-electron chi connectivity index (χ2n) is 8.03. The smallest absolute Gasteiger partial charge is 0.321 e. The number of aromatic nitrogens is 3. The van der Waals surface area contributed by atoms with Gasteiger partial charge in [-0.15, -0.1) is 0 Å². The van der Waals surface area contributed by atoms with Gasteiger partial charge < -0.3 is 25.0 Å². The minimum absolute atomic E-state index is 0.118. The summed E-state index contributed by atoms with van der Waals surface area (Å²) in [6.07, 6.45) is 6.64. The van der Waals surface area contributed by atoms with Crippen LogP contribution in [0.2, 0.25) is 0 Å². The van der Waals surface area contributed by atoms with Crippen molar-refractivity contribution in [2.45, 2.75) is 19.8 Å². The van der Waals surface area contributed by atoms with E-state index in [4.69, 9.17) is 9.47 Å². The number of ether oxygens (including phenoxy) is 2. The van der Waals surface area contributed by atoms with Gasteiger partial charge in [-0.05, 0) is 38.0 Å². The Bertz CT molecular complexity index is 1300. The Hall–Kier alpha value is -4.15. The number of benzene rings is 1. The number of imidazole rings is 1. The quantitative estimate of drug-likeness (QED) is 0.610. The van der Waals surface area contributed by atoms with Crippen LogP contribution in [0.25, 0.3) is 17.0 Å². The maximum absolute atomic E-state index is 14.6. The Balaban J connectivity index is 1.37. The van der Waals surface area contributed by atoms with Crippen LogP contribution >= 0.6 is 0 Å². The molecule has 0 atom stereocenters. The first-order valence-electron chi connectivity index (χ1n) is 11.0. The lowest BCUT2D eigenvalue weighted by Crippen LogP contribution is -2.32. The van der Waals surface area contributed by atoms with E-state index in [1.165, 1.54) is 18.3 Å². The van der Waals surface area contributed by atoms with E-state index in [2.05, 4.69) is 20.6 Å². The summed E-state index contributed by atoms with van der Waals surface area (Å²) in [5, 5.41) is 5.53. The second-order valence-corrected chi connectivity index (χ2v) is 8.03. The van der Waals surface area contributed by atoms with E-state index in [0.29, 0.717) is 54.9 Å². The van der Waals surface area contributed by atoms with Crippen LogP contribution < -0.4 is 10.6 Å². The molecule has 34 heavy (non-hydrogen) atoms. The molecule has 0 unspecified atom stereocenters. The molecule has 2 aliphatic heterocycles. The fourth-order valence-corrected chi connectivity index (χ4v) is 3.92. The molecule has 0 bridgehead atoms. The molecule has 0 saturated carbocycles. The van der Waals surface area contributed by atoms with Crippen LogP contribution in [0.5, 0.6) is 0 Å². The number of hydrogen-bond donors (Lipinski definition) is 2. The van der Waals surface area contributed by atoms with Gasteiger partial charge in [0.05, 0.1) is 17.6 Å². The second kappa shape index (κ2) is 9.00. The third kappa shape index (κ3) is 4.36. The third-order valence-electron chi connectivity index (χ3n) is 5.63.